The maximum absolute atomic E-state index is 4.61. The van der Waals surface area contributed by atoms with Crippen LogP contribution >= 0.6 is 11.3 Å². The van der Waals surface area contributed by atoms with E-state index in [2.05, 4.69) is 59.1 Å². The van der Waals surface area contributed by atoms with E-state index in [0.29, 0.717) is 5.92 Å². The Morgan fingerprint density at radius 2 is 1.86 bits per heavy atom. The van der Waals surface area contributed by atoms with Crippen LogP contribution in [-0.2, 0) is 6.54 Å². The molecule has 21 heavy (non-hydrogen) atoms. The normalized spacial score (nSPS) is 10.9. The van der Waals surface area contributed by atoms with Gasteiger partial charge in [-0.15, -0.1) is 0 Å². The molecule has 0 unspecified atom stereocenters. The molecule has 2 heterocycles. The highest BCUT2D eigenvalue weighted by molar-refractivity contribution is 7.08. The summed E-state index contributed by atoms with van der Waals surface area (Å²) in [7, 11) is 0. The molecule has 2 rings (SSSR count). The van der Waals surface area contributed by atoms with Crippen LogP contribution in [0.15, 0.2) is 16.8 Å². The maximum Gasteiger partial charge on any atom is 0.135 e. The molecule has 0 bridgehead atoms. The molecule has 2 aromatic heterocycles. The second-order valence-corrected chi connectivity index (χ2v) is 6.26. The number of rotatable bonds is 7. The van der Waals surface area contributed by atoms with Crippen LogP contribution in [0.1, 0.15) is 50.1 Å². The van der Waals surface area contributed by atoms with Gasteiger partial charge in [-0.05, 0) is 35.2 Å². The Bertz CT molecular complexity index is 577. The number of nitrogens with zero attached hydrogens (tertiary/aromatic N) is 2. The van der Waals surface area contributed by atoms with Crippen LogP contribution in [-0.4, -0.2) is 16.5 Å². The van der Waals surface area contributed by atoms with Gasteiger partial charge in [-0.2, -0.15) is 11.3 Å². The third-order valence-electron chi connectivity index (χ3n) is 3.24. The van der Waals surface area contributed by atoms with E-state index in [4.69, 9.17) is 0 Å². The lowest BCUT2D eigenvalue weighted by Gasteiger charge is -2.12. The van der Waals surface area contributed by atoms with Crippen LogP contribution in [0.5, 0.6) is 0 Å². The summed E-state index contributed by atoms with van der Waals surface area (Å²) in [6.45, 7) is 10.3. The van der Waals surface area contributed by atoms with E-state index in [1.54, 1.807) is 11.3 Å². The van der Waals surface area contributed by atoms with Crippen molar-refractivity contribution in [3.8, 4) is 0 Å². The Hall–Kier alpha value is -1.62. The van der Waals surface area contributed by atoms with Gasteiger partial charge >= 0.3 is 0 Å². The first-order valence-electron chi connectivity index (χ1n) is 7.48. The van der Waals surface area contributed by atoms with E-state index in [0.717, 1.165) is 37.0 Å². The van der Waals surface area contributed by atoms with Crippen molar-refractivity contribution >= 4 is 23.0 Å². The number of thiophene rings is 1. The molecule has 0 fully saturated rings. The van der Waals surface area contributed by atoms with Crippen molar-refractivity contribution in [1.82, 2.24) is 9.97 Å². The molecule has 0 radical (unpaired) electrons. The zero-order chi connectivity index (χ0) is 15.2. The summed E-state index contributed by atoms with van der Waals surface area (Å²) < 4.78 is 0. The van der Waals surface area contributed by atoms with E-state index in [-0.39, 0.29) is 0 Å². The first-order chi connectivity index (χ1) is 10.1. The van der Waals surface area contributed by atoms with Crippen molar-refractivity contribution in [2.75, 3.05) is 17.2 Å². The first-order valence-corrected chi connectivity index (χ1v) is 8.42. The predicted octanol–water partition coefficient (Wildman–Crippen LogP) is 4.40. The third-order valence-corrected chi connectivity index (χ3v) is 4.15. The average molecular weight is 304 g/mol. The smallest absolute Gasteiger partial charge is 0.135 e. The fourth-order valence-electron chi connectivity index (χ4n) is 1.91. The van der Waals surface area contributed by atoms with Gasteiger partial charge in [-0.3, -0.25) is 0 Å². The van der Waals surface area contributed by atoms with E-state index in [1.165, 1.54) is 11.1 Å². The van der Waals surface area contributed by atoms with Gasteiger partial charge in [0.05, 0.1) is 0 Å². The predicted molar refractivity (Wildman–Crippen MR) is 91.3 cm³/mol. The first kappa shape index (κ1) is 15.8. The van der Waals surface area contributed by atoms with Gasteiger partial charge in [0.2, 0.25) is 0 Å². The maximum atomic E-state index is 4.61. The van der Waals surface area contributed by atoms with Crippen molar-refractivity contribution in [2.24, 2.45) is 0 Å². The van der Waals surface area contributed by atoms with E-state index < -0.39 is 0 Å². The van der Waals surface area contributed by atoms with E-state index >= 15 is 0 Å². The Balaban J connectivity index is 2.13. The number of hydrogen-bond acceptors (Lipinski definition) is 5. The Morgan fingerprint density at radius 3 is 2.43 bits per heavy atom. The summed E-state index contributed by atoms with van der Waals surface area (Å²) in [4.78, 5) is 9.18. The second-order valence-electron chi connectivity index (χ2n) is 5.51. The molecule has 0 amide bonds. The topological polar surface area (TPSA) is 49.8 Å². The summed E-state index contributed by atoms with van der Waals surface area (Å²) in [6, 6.07) is 1.99. The summed E-state index contributed by atoms with van der Waals surface area (Å²) in [5, 5.41) is 11.1. The fraction of sp³-hybridized carbons (Fsp3) is 0.500. The minimum Gasteiger partial charge on any atom is -0.370 e. The molecule has 4 nitrogen and oxygen atoms in total. The van der Waals surface area contributed by atoms with Crippen LogP contribution in [0.25, 0.3) is 0 Å². The van der Waals surface area contributed by atoms with Crippen molar-refractivity contribution in [3.05, 3.63) is 33.8 Å². The highest BCUT2D eigenvalue weighted by atomic mass is 32.1. The molecule has 2 N–H and O–H groups in total. The van der Waals surface area contributed by atoms with E-state index in [1.807, 2.05) is 6.07 Å². The molecule has 0 atom stereocenters. The molecular formula is C16H24N4S. The molecule has 0 saturated carbocycles. The molecule has 0 aromatic carbocycles. The van der Waals surface area contributed by atoms with Crippen molar-refractivity contribution in [3.63, 3.8) is 0 Å². The highest BCUT2D eigenvalue weighted by Gasteiger charge is 2.08. The average Bonchev–Trinajstić information content (AvgIpc) is 2.88. The molecular weight excluding hydrogens is 280 g/mol. The van der Waals surface area contributed by atoms with Crippen molar-refractivity contribution in [1.29, 1.82) is 0 Å². The molecule has 2 aromatic rings. The number of hydrogen-bond donors (Lipinski definition) is 2. The van der Waals surface area contributed by atoms with Crippen LogP contribution in [0, 0.1) is 6.92 Å². The Kier molecular flexibility index (Phi) is 5.56. The lowest BCUT2D eigenvalue weighted by Crippen LogP contribution is -2.09. The SMILES string of the molecule is CCCNc1cc(NCc2cscc2C)nc(C(C)C)n1. The van der Waals surface area contributed by atoms with Gasteiger partial charge in [-0.25, -0.2) is 9.97 Å². The Morgan fingerprint density at radius 1 is 1.14 bits per heavy atom. The van der Waals surface area contributed by atoms with Crippen LogP contribution in [0.3, 0.4) is 0 Å². The fourth-order valence-corrected chi connectivity index (χ4v) is 2.77. The van der Waals surface area contributed by atoms with Crippen molar-refractivity contribution in [2.45, 2.75) is 46.6 Å². The number of anilines is 2. The van der Waals surface area contributed by atoms with Gasteiger partial charge in [0, 0.05) is 25.1 Å². The molecule has 0 spiro atoms. The summed E-state index contributed by atoms with van der Waals surface area (Å²) in [6.07, 6.45) is 1.08. The quantitative estimate of drug-likeness (QED) is 0.796. The van der Waals surface area contributed by atoms with Gasteiger partial charge in [-0.1, -0.05) is 20.8 Å². The zero-order valence-corrected chi connectivity index (χ0v) is 14.0. The van der Waals surface area contributed by atoms with Gasteiger partial charge in [0.25, 0.3) is 0 Å². The van der Waals surface area contributed by atoms with Crippen LogP contribution in [0.2, 0.25) is 0 Å². The minimum absolute atomic E-state index is 0.316. The standard InChI is InChI=1S/C16H24N4S/c1-5-6-17-14-7-15(20-16(19-14)11(2)3)18-8-13-10-21-9-12(13)4/h7,9-11H,5-6,8H2,1-4H3,(H2,17,18,19,20). The van der Waals surface area contributed by atoms with Crippen LogP contribution < -0.4 is 10.6 Å². The zero-order valence-electron chi connectivity index (χ0n) is 13.2. The van der Waals surface area contributed by atoms with Crippen LogP contribution in [0.4, 0.5) is 11.6 Å². The molecule has 0 aliphatic heterocycles. The summed E-state index contributed by atoms with van der Waals surface area (Å²) in [5.74, 6) is 2.98. The Labute approximate surface area is 131 Å². The van der Waals surface area contributed by atoms with Gasteiger partial charge in [0.1, 0.15) is 17.5 Å². The lowest BCUT2D eigenvalue weighted by atomic mass is 10.2. The van der Waals surface area contributed by atoms with E-state index in [9.17, 15) is 0 Å². The summed E-state index contributed by atoms with van der Waals surface area (Å²) >= 11 is 1.74. The number of aromatic nitrogens is 2. The second kappa shape index (κ2) is 7.41. The summed E-state index contributed by atoms with van der Waals surface area (Å²) in [5.41, 5.74) is 2.66. The lowest BCUT2D eigenvalue weighted by molar-refractivity contribution is 0.773. The largest absolute Gasteiger partial charge is 0.370 e. The highest BCUT2D eigenvalue weighted by Crippen LogP contribution is 2.19. The molecule has 114 valence electrons. The third kappa shape index (κ3) is 4.43. The molecule has 0 aliphatic rings. The van der Waals surface area contributed by atoms with Gasteiger partial charge < -0.3 is 10.6 Å². The molecule has 0 saturated heterocycles. The van der Waals surface area contributed by atoms with Crippen molar-refractivity contribution < 1.29 is 0 Å². The van der Waals surface area contributed by atoms with Gasteiger partial charge in [0.15, 0.2) is 0 Å². The minimum atomic E-state index is 0.316. The molecule has 0 aliphatic carbocycles. The molecule has 5 heteroatoms. The number of aryl methyl sites for hydroxylation is 1. The number of nitrogens with one attached hydrogen (secondary N) is 2. The monoisotopic (exact) mass is 304 g/mol.